The van der Waals surface area contributed by atoms with E-state index in [4.69, 9.17) is 5.73 Å². The van der Waals surface area contributed by atoms with Gasteiger partial charge in [-0.3, -0.25) is 5.43 Å². The molecule has 0 saturated carbocycles. The second-order valence-electron chi connectivity index (χ2n) is 2.60. The Bertz CT molecular complexity index is 341. The molecule has 70 valence electrons. The standard InChI is InChI=1S/C8H11N3S2/c1-5-3-7(6(2)13-5)4-10-11-8(9)12/h3-4H,1-2H3,(H3,9,11,12)/b10-4+. The van der Waals surface area contributed by atoms with Crippen molar-refractivity contribution in [2.75, 3.05) is 0 Å². The number of hydrazone groups is 1. The highest BCUT2D eigenvalue weighted by molar-refractivity contribution is 7.80. The highest BCUT2D eigenvalue weighted by Gasteiger charge is 1.98. The first-order valence-corrected chi connectivity index (χ1v) is 4.97. The molecule has 0 unspecified atom stereocenters. The molecule has 0 aliphatic rings. The molecule has 0 aliphatic heterocycles. The van der Waals surface area contributed by atoms with Gasteiger partial charge < -0.3 is 5.73 Å². The maximum absolute atomic E-state index is 5.21. The zero-order chi connectivity index (χ0) is 9.84. The molecule has 0 spiro atoms. The summed E-state index contributed by atoms with van der Waals surface area (Å²) in [6.07, 6.45) is 1.72. The van der Waals surface area contributed by atoms with Crippen molar-refractivity contribution in [3.63, 3.8) is 0 Å². The minimum Gasteiger partial charge on any atom is -0.375 e. The minimum absolute atomic E-state index is 0.181. The Morgan fingerprint density at radius 2 is 2.38 bits per heavy atom. The smallest absolute Gasteiger partial charge is 0.184 e. The quantitative estimate of drug-likeness (QED) is 0.445. The second kappa shape index (κ2) is 4.34. The number of hydrogen-bond acceptors (Lipinski definition) is 3. The normalized spacial score (nSPS) is 10.6. The molecule has 1 aromatic rings. The molecule has 0 bridgehead atoms. The van der Waals surface area contributed by atoms with E-state index in [0.717, 1.165) is 5.56 Å². The number of hydrogen-bond donors (Lipinski definition) is 2. The van der Waals surface area contributed by atoms with Crippen LogP contribution in [0.3, 0.4) is 0 Å². The van der Waals surface area contributed by atoms with Gasteiger partial charge in [0, 0.05) is 15.3 Å². The maximum atomic E-state index is 5.21. The van der Waals surface area contributed by atoms with Gasteiger partial charge in [0.2, 0.25) is 0 Å². The molecule has 5 heteroatoms. The van der Waals surface area contributed by atoms with Gasteiger partial charge in [-0.2, -0.15) is 5.10 Å². The zero-order valence-corrected chi connectivity index (χ0v) is 9.13. The molecular weight excluding hydrogens is 202 g/mol. The van der Waals surface area contributed by atoms with Gasteiger partial charge in [0.1, 0.15) is 0 Å². The van der Waals surface area contributed by atoms with Gasteiger partial charge >= 0.3 is 0 Å². The molecule has 1 heterocycles. The summed E-state index contributed by atoms with van der Waals surface area (Å²) in [7, 11) is 0. The van der Waals surface area contributed by atoms with Crippen molar-refractivity contribution in [2.24, 2.45) is 10.8 Å². The minimum atomic E-state index is 0.181. The van der Waals surface area contributed by atoms with Gasteiger partial charge in [0.15, 0.2) is 5.11 Å². The van der Waals surface area contributed by atoms with Crippen LogP contribution in [0.4, 0.5) is 0 Å². The number of rotatable bonds is 2. The summed E-state index contributed by atoms with van der Waals surface area (Å²) in [5.74, 6) is 0. The molecule has 0 amide bonds. The van der Waals surface area contributed by atoms with Crippen molar-refractivity contribution in [1.29, 1.82) is 0 Å². The second-order valence-corrected chi connectivity index (χ2v) is 4.50. The van der Waals surface area contributed by atoms with E-state index in [-0.39, 0.29) is 5.11 Å². The van der Waals surface area contributed by atoms with Gasteiger partial charge in [0.05, 0.1) is 6.21 Å². The van der Waals surface area contributed by atoms with Crippen molar-refractivity contribution < 1.29 is 0 Å². The fourth-order valence-electron chi connectivity index (χ4n) is 0.944. The lowest BCUT2D eigenvalue weighted by molar-refractivity contribution is 1.04. The fourth-order valence-corrected chi connectivity index (χ4v) is 1.90. The highest BCUT2D eigenvalue weighted by Crippen LogP contribution is 2.18. The van der Waals surface area contributed by atoms with Crippen LogP contribution < -0.4 is 11.2 Å². The average molecular weight is 213 g/mol. The summed E-state index contributed by atoms with van der Waals surface area (Å²) in [6, 6.07) is 2.07. The summed E-state index contributed by atoms with van der Waals surface area (Å²) in [4.78, 5) is 2.51. The fraction of sp³-hybridized carbons (Fsp3) is 0.250. The summed E-state index contributed by atoms with van der Waals surface area (Å²) >= 11 is 6.35. The molecule has 1 rings (SSSR count). The van der Waals surface area contributed by atoms with Gasteiger partial charge in [0.25, 0.3) is 0 Å². The van der Waals surface area contributed by atoms with E-state index in [1.54, 1.807) is 17.6 Å². The number of aryl methyl sites for hydroxylation is 2. The van der Waals surface area contributed by atoms with Crippen LogP contribution in [-0.2, 0) is 0 Å². The van der Waals surface area contributed by atoms with Crippen LogP contribution in [0.15, 0.2) is 11.2 Å². The molecule has 1 aromatic heterocycles. The summed E-state index contributed by atoms with van der Waals surface area (Å²) in [5.41, 5.74) is 8.83. The highest BCUT2D eigenvalue weighted by atomic mass is 32.1. The van der Waals surface area contributed by atoms with Crippen LogP contribution in [0.2, 0.25) is 0 Å². The SMILES string of the molecule is Cc1cc(/C=N/NC(N)=S)c(C)s1. The van der Waals surface area contributed by atoms with E-state index < -0.39 is 0 Å². The third-order valence-corrected chi connectivity index (χ3v) is 2.53. The number of nitrogens with zero attached hydrogens (tertiary/aromatic N) is 1. The third-order valence-electron chi connectivity index (χ3n) is 1.46. The van der Waals surface area contributed by atoms with Crippen LogP contribution in [0.1, 0.15) is 15.3 Å². The predicted molar refractivity (Wildman–Crippen MR) is 61.3 cm³/mol. The van der Waals surface area contributed by atoms with E-state index in [2.05, 4.69) is 42.7 Å². The largest absolute Gasteiger partial charge is 0.375 e. The number of thiophene rings is 1. The van der Waals surface area contributed by atoms with Crippen LogP contribution in [0.5, 0.6) is 0 Å². The lowest BCUT2D eigenvalue weighted by Gasteiger charge is -1.92. The Labute approximate surface area is 86.6 Å². The van der Waals surface area contributed by atoms with Crippen molar-refractivity contribution in [3.05, 3.63) is 21.4 Å². The molecule has 13 heavy (non-hydrogen) atoms. The van der Waals surface area contributed by atoms with Crippen LogP contribution in [0, 0.1) is 13.8 Å². The number of thiocarbonyl (C=S) groups is 1. The van der Waals surface area contributed by atoms with E-state index in [1.165, 1.54) is 9.75 Å². The zero-order valence-electron chi connectivity index (χ0n) is 7.50. The Morgan fingerprint density at radius 1 is 1.69 bits per heavy atom. The average Bonchev–Trinajstić information content (AvgIpc) is 2.29. The first-order valence-electron chi connectivity index (χ1n) is 3.75. The van der Waals surface area contributed by atoms with E-state index in [9.17, 15) is 0 Å². The lowest BCUT2D eigenvalue weighted by atomic mass is 10.3. The molecule has 3 N–H and O–H groups in total. The van der Waals surface area contributed by atoms with Crippen molar-refractivity contribution in [3.8, 4) is 0 Å². The molecule has 0 radical (unpaired) electrons. The Hall–Kier alpha value is -0.940. The van der Waals surface area contributed by atoms with Crippen LogP contribution in [0.25, 0.3) is 0 Å². The lowest BCUT2D eigenvalue weighted by Crippen LogP contribution is -2.23. The Kier molecular flexibility index (Phi) is 3.39. The maximum Gasteiger partial charge on any atom is 0.184 e. The van der Waals surface area contributed by atoms with E-state index >= 15 is 0 Å². The summed E-state index contributed by atoms with van der Waals surface area (Å²) in [6.45, 7) is 4.12. The van der Waals surface area contributed by atoms with E-state index in [0.29, 0.717) is 0 Å². The Balaban J connectivity index is 2.68. The number of nitrogens with one attached hydrogen (secondary N) is 1. The van der Waals surface area contributed by atoms with Crippen LogP contribution >= 0.6 is 23.6 Å². The first kappa shape index (κ1) is 10.1. The van der Waals surface area contributed by atoms with Gasteiger partial charge in [-0.1, -0.05) is 0 Å². The molecular formula is C8H11N3S2. The van der Waals surface area contributed by atoms with Gasteiger partial charge in [-0.05, 0) is 32.1 Å². The molecule has 0 aliphatic carbocycles. The Morgan fingerprint density at radius 3 is 2.85 bits per heavy atom. The molecule has 0 saturated heterocycles. The first-order chi connectivity index (χ1) is 6.09. The van der Waals surface area contributed by atoms with Gasteiger partial charge in [-0.15, -0.1) is 11.3 Å². The molecule has 0 aromatic carbocycles. The van der Waals surface area contributed by atoms with Crippen LogP contribution in [-0.4, -0.2) is 11.3 Å². The monoisotopic (exact) mass is 213 g/mol. The molecule has 0 fully saturated rings. The van der Waals surface area contributed by atoms with E-state index in [1.807, 2.05) is 0 Å². The van der Waals surface area contributed by atoms with Crippen molar-refractivity contribution >= 4 is 34.9 Å². The third kappa shape index (κ3) is 3.12. The summed E-state index contributed by atoms with van der Waals surface area (Å²) in [5, 5.41) is 4.06. The molecule has 3 nitrogen and oxygen atoms in total. The number of nitrogens with two attached hydrogens (primary N) is 1. The van der Waals surface area contributed by atoms with Crippen molar-refractivity contribution in [1.82, 2.24) is 5.43 Å². The van der Waals surface area contributed by atoms with Gasteiger partial charge in [-0.25, -0.2) is 0 Å². The van der Waals surface area contributed by atoms with Crippen molar-refractivity contribution in [2.45, 2.75) is 13.8 Å². The molecule has 0 atom stereocenters. The summed E-state index contributed by atoms with van der Waals surface area (Å²) < 4.78 is 0. The predicted octanol–water partition coefficient (Wildman–Crippen LogP) is 1.53. The topological polar surface area (TPSA) is 50.4 Å².